The van der Waals surface area contributed by atoms with Crippen molar-refractivity contribution in [2.45, 2.75) is 19.2 Å². The standard InChI is InChI=1S/C21H30N4OS2.HI/c1-2-22-21(23-10-16-28(26)18-19-7-4-3-5-8-19)25-13-11-24(12-14-25)17-20-9-6-15-27-20;/h3-9,15H,2,10-14,16-18H2,1H3,(H,22,23);1H. The molecule has 1 aliphatic heterocycles. The molecule has 1 atom stereocenters. The number of piperazine rings is 1. The maximum absolute atomic E-state index is 12.3. The smallest absolute Gasteiger partial charge is 0.194 e. The second kappa shape index (κ2) is 13.4. The predicted molar refractivity (Wildman–Crippen MR) is 136 cm³/mol. The van der Waals surface area contributed by atoms with Gasteiger partial charge in [-0.05, 0) is 23.9 Å². The van der Waals surface area contributed by atoms with Crippen molar-refractivity contribution in [1.29, 1.82) is 0 Å². The van der Waals surface area contributed by atoms with E-state index in [4.69, 9.17) is 4.99 Å². The molecule has 1 N–H and O–H groups in total. The zero-order valence-electron chi connectivity index (χ0n) is 17.0. The molecule has 8 heteroatoms. The van der Waals surface area contributed by atoms with Crippen LogP contribution in [0.15, 0.2) is 52.8 Å². The largest absolute Gasteiger partial charge is 0.357 e. The van der Waals surface area contributed by atoms with E-state index in [1.54, 1.807) is 0 Å². The Morgan fingerprint density at radius 2 is 1.90 bits per heavy atom. The fourth-order valence-corrected chi connectivity index (χ4v) is 5.00. The molecule has 1 unspecified atom stereocenters. The summed E-state index contributed by atoms with van der Waals surface area (Å²) in [7, 11) is -0.881. The third kappa shape index (κ3) is 8.35. The molecule has 1 saturated heterocycles. The molecule has 2 heterocycles. The van der Waals surface area contributed by atoms with Gasteiger partial charge in [0.2, 0.25) is 0 Å². The molecule has 0 bridgehead atoms. The van der Waals surface area contributed by atoms with Crippen molar-refractivity contribution in [3.63, 3.8) is 0 Å². The summed E-state index contributed by atoms with van der Waals surface area (Å²) in [4.78, 5) is 11.0. The highest BCUT2D eigenvalue weighted by Gasteiger charge is 2.19. The number of rotatable bonds is 8. The first-order chi connectivity index (χ1) is 13.7. The van der Waals surface area contributed by atoms with Crippen LogP contribution in [0.1, 0.15) is 17.4 Å². The summed E-state index contributed by atoms with van der Waals surface area (Å²) in [6, 6.07) is 14.4. The first-order valence-electron chi connectivity index (χ1n) is 9.91. The fourth-order valence-electron chi connectivity index (χ4n) is 3.25. The van der Waals surface area contributed by atoms with E-state index < -0.39 is 10.8 Å². The van der Waals surface area contributed by atoms with Crippen LogP contribution in [-0.2, 0) is 23.1 Å². The van der Waals surface area contributed by atoms with Gasteiger partial charge in [0.1, 0.15) is 0 Å². The van der Waals surface area contributed by atoms with Gasteiger partial charge >= 0.3 is 0 Å². The summed E-state index contributed by atoms with van der Waals surface area (Å²) in [6.07, 6.45) is 0. The molecule has 1 fully saturated rings. The molecular weight excluding hydrogens is 515 g/mol. The van der Waals surface area contributed by atoms with Gasteiger partial charge in [-0.1, -0.05) is 36.4 Å². The van der Waals surface area contributed by atoms with Gasteiger partial charge in [-0.25, -0.2) is 0 Å². The van der Waals surface area contributed by atoms with Crippen molar-refractivity contribution in [2.75, 3.05) is 45.0 Å². The minimum absolute atomic E-state index is 0. The van der Waals surface area contributed by atoms with Gasteiger partial charge in [0.15, 0.2) is 5.96 Å². The summed E-state index contributed by atoms with van der Waals surface area (Å²) in [5.41, 5.74) is 1.12. The first kappa shape index (κ1) is 24.3. The summed E-state index contributed by atoms with van der Waals surface area (Å²) in [6.45, 7) is 8.62. The minimum atomic E-state index is -0.881. The van der Waals surface area contributed by atoms with Gasteiger partial charge in [-0.15, -0.1) is 35.3 Å². The molecule has 29 heavy (non-hydrogen) atoms. The molecule has 5 nitrogen and oxygen atoms in total. The third-order valence-corrected chi connectivity index (χ3v) is 6.87. The Balaban J connectivity index is 0.00000300. The van der Waals surface area contributed by atoms with Crippen LogP contribution >= 0.6 is 35.3 Å². The zero-order chi connectivity index (χ0) is 19.6. The Kier molecular flexibility index (Phi) is 11.2. The molecule has 1 aromatic carbocycles. The number of hydrogen-bond donors (Lipinski definition) is 1. The van der Waals surface area contributed by atoms with Crippen molar-refractivity contribution in [1.82, 2.24) is 15.1 Å². The minimum Gasteiger partial charge on any atom is -0.357 e. The van der Waals surface area contributed by atoms with Gasteiger partial charge in [0.05, 0.1) is 6.54 Å². The zero-order valence-corrected chi connectivity index (χ0v) is 20.9. The van der Waals surface area contributed by atoms with Crippen molar-refractivity contribution in [2.24, 2.45) is 4.99 Å². The van der Waals surface area contributed by atoms with E-state index >= 15 is 0 Å². The van der Waals surface area contributed by atoms with Gasteiger partial charge < -0.3 is 10.2 Å². The maximum atomic E-state index is 12.3. The molecule has 0 amide bonds. The quantitative estimate of drug-likeness (QED) is 0.314. The molecule has 1 aliphatic rings. The number of nitrogens with one attached hydrogen (secondary N) is 1. The molecule has 3 rings (SSSR count). The van der Waals surface area contributed by atoms with E-state index in [0.29, 0.717) is 18.1 Å². The summed E-state index contributed by atoms with van der Waals surface area (Å²) in [5.74, 6) is 2.16. The average molecular weight is 547 g/mol. The first-order valence-corrected chi connectivity index (χ1v) is 12.3. The van der Waals surface area contributed by atoms with Crippen LogP contribution in [-0.4, -0.2) is 65.0 Å². The van der Waals surface area contributed by atoms with E-state index in [9.17, 15) is 4.21 Å². The number of guanidine groups is 1. The van der Waals surface area contributed by atoms with E-state index in [-0.39, 0.29) is 24.0 Å². The lowest BCUT2D eigenvalue weighted by Crippen LogP contribution is -2.52. The van der Waals surface area contributed by atoms with E-state index in [1.165, 1.54) is 4.88 Å². The second-order valence-corrected chi connectivity index (χ2v) is 9.46. The van der Waals surface area contributed by atoms with Crippen LogP contribution in [0.2, 0.25) is 0 Å². The fraction of sp³-hybridized carbons (Fsp3) is 0.476. The van der Waals surface area contributed by atoms with E-state index in [1.807, 2.05) is 41.7 Å². The number of benzene rings is 1. The van der Waals surface area contributed by atoms with Crippen molar-refractivity contribution in [3.8, 4) is 0 Å². The van der Waals surface area contributed by atoms with Crippen LogP contribution in [0, 0.1) is 0 Å². The van der Waals surface area contributed by atoms with Crippen LogP contribution < -0.4 is 5.32 Å². The summed E-state index contributed by atoms with van der Waals surface area (Å²) < 4.78 is 12.3. The number of thiophene rings is 1. The molecule has 2 aromatic rings. The van der Waals surface area contributed by atoms with Crippen molar-refractivity contribution < 1.29 is 4.21 Å². The molecular formula is C21H31IN4OS2. The van der Waals surface area contributed by atoms with Crippen LogP contribution in [0.5, 0.6) is 0 Å². The van der Waals surface area contributed by atoms with Crippen molar-refractivity contribution >= 4 is 52.1 Å². The van der Waals surface area contributed by atoms with Crippen LogP contribution in [0.3, 0.4) is 0 Å². The Bertz CT molecular complexity index is 747. The molecule has 1 aromatic heterocycles. The van der Waals surface area contributed by atoms with Gasteiger partial charge in [-0.3, -0.25) is 14.1 Å². The Morgan fingerprint density at radius 1 is 1.14 bits per heavy atom. The second-order valence-electron chi connectivity index (χ2n) is 6.85. The van der Waals surface area contributed by atoms with Crippen molar-refractivity contribution in [3.05, 3.63) is 58.3 Å². The third-order valence-electron chi connectivity index (χ3n) is 4.72. The Labute approximate surface area is 198 Å². The highest BCUT2D eigenvalue weighted by atomic mass is 127. The molecule has 0 radical (unpaired) electrons. The lowest BCUT2D eigenvalue weighted by molar-refractivity contribution is 0.174. The lowest BCUT2D eigenvalue weighted by Gasteiger charge is -2.36. The monoisotopic (exact) mass is 546 g/mol. The molecule has 160 valence electrons. The topological polar surface area (TPSA) is 47.9 Å². The Morgan fingerprint density at radius 3 is 2.55 bits per heavy atom. The lowest BCUT2D eigenvalue weighted by atomic mass is 10.2. The average Bonchev–Trinajstić information content (AvgIpc) is 3.22. The number of halogens is 1. The van der Waals surface area contributed by atoms with Gasteiger partial charge in [0, 0.05) is 66.5 Å². The van der Waals surface area contributed by atoms with E-state index in [2.05, 4.69) is 39.6 Å². The van der Waals surface area contributed by atoms with E-state index in [0.717, 1.165) is 50.8 Å². The van der Waals surface area contributed by atoms with Crippen LogP contribution in [0.25, 0.3) is 0 Å². The number of aliphatic imine (C=N–C) groups is 1. The molecule has 0 saturated carbocycles. The SMILES string of the molecule is CCNC(=NCCS(=O)Cc1ccccc1)N1CCN(Cc2cccs2)CC1.I. The maximum Gasteiger partial charge on any atom is 0.194 e. The molecule has 0 aliphatic carbocycles. The highest BCUT2D eigenvalue weighted by molar-refractivity contribution is 14.0. The van der Waals surface area contributed by atoms with Crippen LogP contribution in [0.4, 0.5) is 0 Å². The van der Waals surface area contributed by atoms with Gasteiger partial charge in [-0.2, -0.15) is 0 Å². The number of nitrogens with zero attached hydrogens (tertiary/aromatic N) is 3. The summed E-state index contributed by atoms with van der Waals surface area (Å²) >= 11 is 1.83. The normalized spacial score (nSPS) is 16.3. The predicted octanol–water partition coefficient (Wildman–Crippen LogP) is 3.40. The summed E-state index contributed by atoms with van der Waals surface area (Å²) in [5, 5.41) is 5.54. The van der Waals surface area contributed by atoms with Gasteiger partial charge in [0.25, 0.3) is 0 Å². The molecule has 0 spiro atoms. The number of hydrogen-bond acceptors (Lipinski definition) is 4. The Hall–Kier alpha value is -0.970. The highest BCUT2D eigenvalue weighted by Crippen LogP contribution is 2.13.